The standard InChI is InChI=1S/C25H25FN4O2/c1-14-12-17(26)8-9-18(14)22-24-23(20(31)13-27-22)28-21-11-10-19(29-30(21)24)15-4-6-16(7-5-15)25(2,3)32/h4-12,20,22,27,31-32H,13H2,1-3H3. The molecule has 1 aliphatic heterocycles. The van der Waals surface area contributed by atoms with Gasteiger partial charge in [0.2, 0.25) is 0 Å². The minimum Gasteiger partial charge on any atom is -0.386 e. The van der Waals surface area contributed by atoms with E-state index in [1.54, 1.807) is 24.4 Å². The number of nitrogens with one attached hydrogen (secondary N) is 1. The molecule has 0 saturated heterocycles. The zero-order chi connectivity index (χ0) is 22.6. The molecule has 0 amide bonds. The van der Waals surface area contributed by atoms with Gasteiger partial charge in [0.1, 0.15) is 11.9 Å². The molecule has 0 radical (unpaired) electrons. The molecule has 4 aromatic rings. The van der Waals surface area contributed by atoms with Crippen molar-refractivity contribution in [3.8, 4) is 11.3 Å². The van der Waals surface area contributed by atoms with Gasteiger partial charge in [-0.05, 0) is 61.7 Å². The predicted octanol–water partition coefficient (Wildman–Crippen LogP) is 3.80. The van der Waals surface area contributed by atoms with E-state index < -0.39 is 11.7 Å². The van der Waals surface area contributed by atoms with Crippen molar-refractivity contribution in [2.45, 2.75) is 38.5 Å². The van der Waals surface area contributed by atoms with Gasteiger partial charge in [-0.25, -0.2) is 13.9 Å². The zero-order valence-electron chi connectivity index (χ0n) is 18.2. The number of hydrogen-bond acceptors (Lipinski definition) is 5. The van der Waals surface area contributed by atoms with E-state index in [-0.39, 0.29) is 11.9 Å². The summed E-state index contributed by atoms with van der Waals surface area (Å²) in [7, 11) is 0. The largest absolute Gasteiger partial charge is 0.386 e. The third kappa shape index (κ3) is 3.48. The minimum absolute atomic E-state index is 0.274. The van der Waals surface area contributed by atoms with Crippen LogP contribution in [0, 0.1) is 12.7 Å². The van der Waals surface area contributed by atoms with Gasteiger partial charge in [-0.3, -0.25) is 0 Å². The van der Waals surface area contributed by atoms with Crippen LogP contribution in [0.3, 0.4) is 0 Å². The lowest BCUT2D eigenvalue weighted by atomic mass is 9.93. The molecule has 7 heteroatoms. The smallest absolute Gasteiger partial charge is 0.154 e. The van der Waals surface area contributed by atoms with Crippen molar-refractivity contribution in [1.82, 2.24) is 19.9 Å². The van der Waals surface area contributed by atoms with Crippen molar-refractivity contribution >= 4 is 5.65 Å². The SMILES string of the molecule is Cc1cc(F)ccc1C1NCC(O)c2nc3ccc(-c4ccc(C(C)(C)O)cc4)nn3c21. The maximum Gasteiger partial charge on any atom is 0.154 e. The van der Waals surface area contributed by atoms with E-state index in [1.807, 2.05) is 43.3 Å². The summed E-state index contributed by atoms with van der Waals surface area (Å²) in [6.45, 7) is 5.72. The van der Waals surface area contributed by atoms with E-state index in [9.17, 15) is 14.6 Å². The molecule has 2 aromatic heterocycles. The quantitative estimate of drug-likeness (QED) is 0.459. The number of aromatic nitrogens is 3. The van der Waals surface area contributed by atoms with Crippen LogP contribution in [0.1, 0.15) is 54.1 Å². The van der Waals surface area contributed by atoms with Crippen LogP contribution in [0.15, 0.2) is 54.6 Å². The van der Waals surface area contributed by atoms with Crippen molar-refractivity contribution in [2.75, 3.05) is 6.54 Å². The van der Waals surface area contributed by atoms with E-state index >= 15 is 0 Å². The van der Waals surface area contributed by atoms with Gasteiger partial charge in [-0.15, -0.1) is 0 Å². The molecular formula is C25H25FN4O2. The molecule has 1 aliphatic rings. The fourth-order valence-electron chi connectivity index (χ4n) is 4.33. The van der Waals surface area contributed by atoms with Gasteiger partial charge in [0.25, 0.3) is 0 Å². The molecule has 0 saturated carbocycles. The molecule has 3 N–H and O–H groups in total. The summed E-state index contributed by atoms with van der Waals surface area (Å²) in [6, 6.07) is 15.9. The number of aliphatic hydroxyl groups excluding tert-OH is 1. The summed E-state index contributed by atoms with van der Waals surface area (Å²) in [5, 5.41) is 29.0. The Bertz CT molecular complexity index is 1310. The van der Waals surface area contributed by atoms with Crippen molar-refractivity contribution in [1.29, 1.82) is 0 Å². The van der Waals surface area contributed by atoms with E-state index in [0.29, 0.717) is 17.9 Å². The van der Waals surface area contributed by atoms with Crippen LogP contribution in [0.4, 0.5) is 4.39 Å². The molecular weight excluding hydrogens is 407 g/mol. The molecule has 2 aromatic carbocycles. The summed E-state index contributed by atoms with van der Waals surface area (Å²) in [5.41, 5.74) is 5.27. The van der Waals surface area contributed by atoms with E-state index in [4.69, 9.17) is 5.10 Å². The second-order valence-corrected chi connectivity index (χ2v) is 8.87. The lowest BCUT2D eigenvalue weighted by Crippen LogP contribution is -2.35. The Labute approximate surface area is 185 Å². The van der Waals surface area contributed by atoms with Crippen LogP contribution < -0.4 is 5.32 Å². The van der Waals surface area contributed by atoms with Gasteiger partial charge in [-0.1, -0.05) is 30.3 Å². The number of nitrogens with zero attached hydrogens (tertiary/aromatic N) is 3. The minimum atomic E-state index is -0.915. The van der Waals surface area contributed by atoms with Crippen molar-refractivity contribution < 1.29 is 14.6 Å². The van der Waals surface area contributed by atoms with Gasteiger partial charge in [0, 0.05) is 12.1 Å². The Morgan fingerprint density at radius 3 is 2.53 bits per heavy atom. The fourth-order valence-corrected chi connectivity index (χ4v) is 4.33. The molecule has 0 fully saturated rings. The van der Waals surface area contributed by atoms with Crippen LogP contribution in [0.2, 0.25) is 0 Å². The van der Waals surface area contributed by atoms with Crippen LogP contribution in [0.5, 0.6) is 0 Å². The normalized spacial score (nSPS) is 18.7. The maximum atomic E-state index is 13.7. The van der Waals surface area contributed by atoms with Crippen molar-refractivity contribution in [3.05, 3.63) is 88.5 Å². The molecule has 0 aliphatic carbocycles. The van der Waals surface area contributed by atoms with Crippen LogP contribution in [-0.4, -0.2) is 31.4 Å². The molecule has 3 heterocycles. The number of hydrogen-bond donors (Lipinski definition) is 3. The molecule has 6 nitrogen and oxygen atoms in total. The van der Waals surface area contributed by atoms with Crippen LogP contribution in [0.25, 0.3) is 16.9 Å². The highest BCUT2D eigenvalue weighted by atomic mass is 19.1. The molecule has 2 atom stereocenters. The van der Waals surface area contributed by atoms with Crippen LogP contribution in [-0.2, 0) is 5.60 Å². The molecule has 5 rings (SSSR count). The summed E-state index contributed by atoms with van der Waals surface area (Å²) in [4.78, 5) is 4.64. The summed E-state index contributed by atoms with van der Waals surface area (Å²) in [6.07, 6.45) is -0.752. The number of fused-ring (bicyclic) bond motifs is 3. The van der Waals surface area contributed by atoms with E-state index in [0.717, 1.165) is 33.6 Å². The Balaban J connectivity index is 1.64. The summed E-state index contributed by atoms with van der Waals surface area (Å²) in [5.74, 6) is -0.282. The summed E-state index contributed by atoms with van der Waals surface area (Å²) >= 11 is 0. The van der Waals surface area contributed by atoms with Crippen molar-refractivity contribution in [3.63, 3.8) is 0 Å². The fraction of sp³-hybridized carbons (Fsp3) is 0.280. The summed E-state index contributed by atoms with van der Waals surface area (Å²) < 4.78 is 15.5. The van der Waals surface area contributed by atoms with Gasteiger partial charge >= 0.3 is 0 Å². The molecule has 2 unspecified atom stereocenters. The number of imidazole rings is 1. The number of rotatable bonds is 3. The van der Waals surface area contributed by atoms with E-state index in [2.05, 4.69) is 10.3 Å². The highest BCUT2D eigenvalue weighted by Crippen LogP contribution is 2.35. The van der Waals surface area contributed by atoms with Gasteiger partial charge < -0.3 is 15.5 Å². The third-order valence-corrected chi connectivity index (χ3v) is 6.07. The molecule has 32 heavy (non-hydrogen) atoms. The number of aryl methyl sites for hydroxylation is 1. The monoisotopic (exact) mass is 432 g/mol. The van der Waals surface area contributed by atoms with Gasteiger partial charge in [0.15, 0.2) is 5.65 Å². The topological polar surface area (TPSA) is 82.7 Å². The first-order chi connectivity index (χ1) is 15.2. The predicted molar refractivity (Wildman–Crippen MR) is 120 cm³/mol. The lowest BCUT2D eigenvalue weighted by Gasteiger charge is -2.28. The zero-order valence-corrected chi connectivity index (χ0v) is 18.2. The average molecular weight is 432 g/mol. The highest BCUT2D eigenvalue weighted by Gasteiger charge is 2.33. The third-order valence-electron chi connectivity index (χ3n) is 6.07. The maximum absolute atomic E-state index is 13.7. The van der Waals surface area contributed by atoms with E-state index in [1.165, 1.54) is 12.1 Å². The first-order valence-corrected chi connectivity index (χ1v) is 10.6. The number of β-amino-alcohol motifs (C(OH)–C–C–N with tert-alkyl or cyclic N) is 1. The Morgan fingerprint density at radius 1 is 1.09 bits per heavy atom. The Morgan fingerprint density at radius 2 is 1.84 bits per heavy atom. The lowest BCUT2D eigenvalue weighted by molar-refractivity contribution is 0.0786. The van der Waals surface area contributed by atoms with Gasteiger partial charge in [0.05, 0.1) is 28.7 Å². The Kier molecular flexibility index (Phi) is 4.85. The first-order valence-electron chi connectivity index (χ1n) is 10.6. The second kappa shape index (κ2) is 7.48. The number of aliphatic hydroxyl groups is 2. The average Bonchev–Trinajstić information content (AvgIpc) is 3.14. The Hall–Kier alpha value is -3.13. The van der Waals surface area contributed by atoms with Crippen LogP contribution >= 0.6 is 0 Å². The first kappa shape index (κ1) is 20.8. The second-order valence-electron chi connectivity index (χ2n) is 8.87. The molecule has 0 spiro atoms. The molecule has 164 valence electrons. The number of benzene rings is 2. The van der Waals surface area contributed by atoms with Gasteiger partial charge in [-0.2, -0.15) is 5.10 Å². The molecule has 0 bridgehead atoms. The number of halogens is 1. The van der Waals surface area contributed by atoms with Crippen molar-refractivity contribution in [2.24, 2.45) is 0 Å². The highest BCUT2D eigenvalue weighted by molar-refractivity contribution is 5.61.